The number of hydrogen-bond acceptors (Lipinski definition) is 4. The Kier molecular flexibility index (Phi) is 5.21. The second-order valence-electron chi connectivity index (χ2n) is 6.84. The van der Waals surface area contributed by atoms with E-state index < -0.39 is 0 Å². The number of amides is 2. The maximum Gasteiger partial charge on any atom is 0.359 e. The summed E-state index contributed by atoms with van der Waals surface area (Å²) in [6, 6.07) is 15.6. The average molecular weight is 351 g/mol. The summed E-state index contributed by atoms with van der Waals surface area (Å²) in [6.45, 7) is 8.49. The molecule has 2 heterocycles. The van der Waals surface area contributed by atoms with Crippen LogP contribution in [0, 0.1) is 0 Å². The predicted octanol–water partition coefficient (Wildman–Crippen LogP) is 3.71. The van der Waals surface area contributed by atoms with Gasteiger partial charge >= 0.3 is 6.03 Å². The van der Waals surface area contributed by atoms with Crippen LogP contribution < -0.4 is 0 Å². The number of carbonyl (C=O) groups is 1. The minimum atomic E-state index is -0.120. The Morgan fingerprint density at radius 2 is 1.62 bits per heavy atom. The lowest BCUT2D eigenvalue weighted by Gasteiger charge is -2.45. The molecule has 1 aromatic carbocycles. The van der Waals surface area contributed by atoms with Gasteiger partial charge in [-0.25, -0.2) is 14.8 Å². The number of hydrogen-bond donors (Lipinski definition) is 0. The van der Waals surface area contributed by atoms with Gasteiger partial charge in [-0.3, -0.25) is 9.99 Å². The zero-order chi connectivity index (χ0) is 18.7. The van der Waals surface area contributed by atoms with E-state index in [1.54, 1.807) is 11.2 Å². The minimum Gasteiger partial charge on any atom is -0.256 e. The highest BCUT2D eigenvalue weighted by molar-refractivity contribution is 6.00. The molecular weight excluding hydrogens is 326 g/mol. The quantitative estimate of drug-likeness (QED) is 0.825. The molecule has 1 aromatic heterocycles. The Labute approximate surface area is 154 Å². The third kappa shape index (κ3) is 3.54. The van der Waals surface area contributed by atoms with Gasteiger partial charge in [-0.1, -0.05) is 36.4 Å². The maximum absolute atomic E-state index is 13.1. The molecule has 6 heteroatoms. The number of nitrogens with zero attached hydrogens (tertiary/aromatic N) is 5. The van der Waals surface area contributed by atoms with E-state index in [1.165, 1.54) is 5.01 Å². The zero-order valence-electron chi connectivity index (χ0n) is 15.7. The van der Waals surface area contributed by atoms with Crippen molar-refractivity contribution in [1.29, 1.82) is 0 Å². The number of benzene rings is 1. The van der Waals surface area contributed by atoms with Crippen molar-refractivity contribution in [2.75, 3.05) is 0 Å². The van der Waals surface area contributed by atoms with Crippen molar-refractivity contribution < 1.29 is 4.79 Å². The summed E-state index contributed by atoms with van der Waals surface area (Å²) in [6.07, 6.45) is 1.74. The molecule has 6 nitrogen and oxygen atoms in total. The van der Waals surface area contributed by atoms with E-state index in [4.69, 9.17) is 0 Å². The normalized spacial score (nSPS) is 15.1. The van der Waals surface area contributed by atoms with E-state index in [9.17, 15) is 4.79 Å². The highest BCUT2D eigenvalue weighted by Crippen LogP contribution is 2.23. The van der Waals surface area contributed by atoms with Crippen LogP contribution in [0.5, 0.6) is 0 Å². The van der Waals surface area contributed by atoms with Crippen LogP contribution in [0.2, 0.25) is 0 Å². The van der Waals surface area contributed by atoms with E-state index in [1.807, 2.05) is 81.2 Å². The van der Waals surface area contributed by atoms with Crippen LogP contribution >= 0.6 is 0 Å². The number of rotatable bonds is 5. The van der Waals surface area contributed by atoms with Gasteiger partial charge in [-0.15, -0.1) is 5.10 Å². The first kappa shape index (κ1) is 17.9. The summed E-state index contributed by atoms with van der Waals surface area (Å²) in [7, 11) is 0. The first-order valence-corrected chi connectivity index (χ1v) is 8.93. The minimum absolute atomic E-state index is 0.0123. The predicted molar refractivity (Wildman–Crippen MR) is 102 cm³/mol. The van der Waals surface area contributed by atoms with Crippen molar-refractivity contribution in [2.24, 2.45) is 5.10 Å². The van der Waals surface area contributed by atoms with Gasteiger partial charge in [0.25, 0.3) is 0 Å². The molecule has 0 saturated heterocycles. The Bertz CT molecular complexity index is 773. The fraction of sp³-hybridized carbons (Fsp3) is 0.350. The molecule has 0 fully saturated rings. The fourth-order valence-corrected chi connectivity index (χ4v) is 2.93. The van der Waals surface area contributed by atoms with Crippen LogP contribution in [0.25, 0.3) is 0 Å². The first-order valence-electron chi connectivity index (χ1n) is 8.93. The molecular formula is C20H25N5O. The monoisotopic (exact) mass is 351 g/mol. The molecule has 0 spiro atoms. The molecule has 0 atom stereocenters. The van der Waals surface area contributed by atoms with Gasteiger partial charge in [0.2, 0.25) is 0 Å². The summed E-state index contributed by atoms with van der Waals surface area (Å²) < 4.78 is 0. The molecule has 1 aliphatic heterocycles. The summed E-state index contributed by atoms with van der Waals surface area (Å²) in [5.41, 5.74) is 1.85. The molecule has 0 aliphatic carbocycles. The van der Waals surface area contributed by atoms with Crippen LogP contribution in [-0.2, 0) is 6.54 Å². The third-order valence-corrected chi connectivity index (χ3v) is 4.15. The van der Waals surface area contributed by atoms with Gasteiger partial charge in [0, 0.05) is 12.2 Å². The zero-order valence-corrected chi connectivity index (χ0v) is 15.7. The van der Waals surface area contributed by atoms with Gasteiger partial charge in [-0.05, 0) is 45.4 Å². The van der Waals surface area contributed by atoms with Crippen molar-refractivity contribution in [3.8, 4) is 0 Å². The molecule has 26 heavy (non-hydrogen) atoms. The molecule has 3 rings (SSSR count). The molecule has 0 N–H and O–H groups in total. The lowest BCUT2D eigenvalue weighted by Crippen LogP contribution is -2.61. The van der Waals surface area contributed by atoms with Gasteiger partial charge < -0.3 is 0 Å². The number of urea groups is 1. The number of hydrazone groups is 1. The molecule has 0 saturated carbocycles. The van der Waals surface area contributed by atoms with E-state index in [0.29, 0.717) is 12.4 Å². The summed E-state index contributed by atoms with van der Waals surface area (Å²) in [4.78, 5) is 17.5. The number of hydrazine groups is 1. The van der Waals surface area contributed by atoms with E-state index in [2.05, 4.69) is 10.1 Å². The molecule has 2 aromatic rings. The standard InChI is InChI=1S/C20H25N5O/c1-15(2)24-20(26)25(16(3)4)23(14-17-10-6-5-7-11-17)19(22-24)18-12-8-9-13-21-18/h5-13,15-16H,14H2,1-4H3. The van der Waals surface area contributed by atoms with Crippen molar-refractivity contribution in [3.05, 3.63) is 66.0 Å². The molecule has 0 bridgehead atoms. The Morgan fingerprint density at radius 3 is 2.19 bits per heavy atom. The number of pyridine rings is 1. The molecule has 2 amide bonds. The van der Waals surface area contributed by atoms with Crippen LogP contribution in [0.15, 0.2) is 59.8 Å². The summed E-state index contributed by atoms with van der Waals surface area (Å²) in [5, 5.41) is 9.90. The van der Waals surface area contributed by atoms with Crippen molar-refractivity contribution in [3.63, 3.8) is 0 Å². The maximum atomic E-state index is 13.1. The second-order valence-corrected chi connectivity index (χ2v) is 6.84. The lowest BCUT2D eigenvalue weighted by atomic mass is 10.2. The fourth-order valence-electron chi connectivity index (χ4n) is 2.93. The van der Waals surface area contributed by atoms with Crippen LogP contribution in [0.1, 0.15) is 39.0 Å². The summed E-state index contributed by atoms with van der Waals surface area (Å²) >= 11 is 0. The molecule has 0 radical (unpaired) electrons. The largest absolute Gasteiger partial charge is 0.359 e. The van der Waals surface area contributed by atoms with Crippen LogP contribution in [-0.4, -0.2) is 44.0 Å². The Hall–Kier alpha value is -2.89. The Balaban J connectivity index is 2.10. The number of aromatic nitrogens is 1. The second kappa shape index (κ2) is 7.56. The van der Waals surface area contributed by atoms with E-state index >= 15 is 0 Å². The third-order valence-electron chi connectivity index (χ3n) is 4.15. The smallest absolute Gasteiger partial charge is 0.256 e. The van der Waals surface area contributed by atoms with Crippen molar-refractivity contribution in [1.82, 2.24) is 20.0 Å². The van der Waals surface area contributed by atoms with Gasteiger partial charge in [0.05, 0.1) is 12.6 Å². The van der Waals surface area contributed by atoms with E-state index in [0.717, 1.165) is 11.3 Å². The van der Waals surface area contributed by atoms with Crippen molar-refractivity contribution >= 4 is 11.9 Å². The van der Waals surface area contributed by atoms with Gasteiger partial charge in [0.15, 0.2) is 5.84 Å². The van der Waals surface area contributed by atoms with Crippen molar-refractivity contribution in [2.45, 2.75) is 46.3 Å². The molecule has 0 unspecified atom stereocenters. The number of carbonyl (C=O) groups excluding carboxylic acids is 1. The highest BCUT2D eigenvalue weighted by atomic mass is 16.2. The van der Waals surface area contributed by atoms with Gasteiger partial charge in [-0.2, -0.15) is 0 Å². The summed E-state index contributed by atoms with van der Waals surface area (Å²) in [5.74, 6) is 0.677. The highest BCUT2D eigenvalue weighted by Gasteiger charge is 2.37. The van der Waals surface area contributed by atoms with Crippen LogP contribution in [0.3, 0.4) is 0 Å². The van der Waals surface area contributed by atoms with E-state index in [-0.39, 0.29) is 18.1 Å². The topological polar surface area (TPSA) is 52.0 Å². The SMILES string of the molecule is CC(C)N1N=C(c2ccccn2)N(Cc2ccccc2)N(C(C)C)C1=O. The first-order chi connectivity index (χ1) is 12.5. The Morgan fingerprint density at radius 1 is 0.923 bits per heavy atom. The molecule has 1 aliphatic rings. The molecule has 136 valence electrons. The number of amidine groups is 1. The van der Waals surface area contributed by atoms with Gasteiger partial charge in [0.1, 0.15) is 5.69 Å². The average Bonchev–Trinajstić information content (AvgIpc) is 2.63. The van der Waals surface area contributed by atoms with Crippen LogP contribution in [0.4, 0.5) is 4.79 Å². The lowest BCUT2D eigenvalue weighted by molar-refractivity contribution is 0.00520.